The first kappa shape index (κ1) is 27.5. The van der Waals surface area contributed by atoms with Gasteiger partial charge in [-0.2, -0.15) is 0 Å². The zero-order valence-electron chi connectivity index (χ0n) is 26.3. The van der Waals surface area contributed by atoms with Crippen molar-refractivity contribution >= 4 is 54.3 Å². The van der Waals surface area contributed by atoms with Crippen LogP contribution < -0.4 is 0 Å². The molecule has 228 valence electrons. The van der Waals surface area contributed by atoms with E-state index in [4.69, 9.17) is 19.4 Å². The molecule has 0 fully saturated rings. The minimum absolute atomic E-state index is 0.594. The molecule has 0 aliphatic carbocycles. The van der Waals surface area contributed by atoms with Crippen molar-refractivity contribution in [3.8, 4) is 45.3 Å². The highest BCUT2D eigenvalue weighted by Gasteiger charge is 2.17. The number of furan rings is 1. The van der Waals surface area contributed by atoms with Crippen LogP contribution in [0.3, 0.4) is 0 Å². The second-order valence-electron chi connectivity index (χ2n) is 12.5. The van der Waals surface area contributed by atoms with Crippen LogP contribution in [-0.4, -0.2) is 15.0 Å². The molecule has 4 heteroatoms. The van der Waals surface area contributed by atoms with Crippen LogP contribution in [0.5, 0.6) is 0 Å². The van der Waals surface area contributed by atoms with Crippen LogP contribution in [-0.2, 0) is 0 Å². The van der Waals surface area contributed by atoms with Crippen molar-refractivity contribution in [2.75, 3.05) is 0 Å². The van der Waals surface area contributed by atoms with Crippen molar-refractivity contribution in [3.63, 3.8) is 0 Å². The summed E-state index contributed by atoms with van der Waals surface area (Å²) >= 11 is 0. The normalized spacial score (nSPS) is 11.7. The van der Waals surface area contributed by atoms with E-state index in [1.54, 1.807) is 0 Å². The van der Waals surface area contributed by atoms with E-state index >= 15 is 0 Å². The second kappa shape index (κ2) is 11.0. The van der Waals surface area contributed by atoms with Gasteiger partial charge in [-0.05, 0) is 68.4 Å². The number of hydrogen-bond donors (Lipinski definition) is 0. The third-order valence-electron chi connectivity index (χ3n) is 9.49. The van der Waals surface area contributed by atoms with Crippen molar-refractivity contribution in [1.82, 2.24) is 15.0 Å². The number of aromatic nitrogens is 3. The topological polar surface area (TPSA) is 51.8 Å². The number of benzene rings is 8. The van der Waals surface area contributed by atoms with Crippen molar-refractivity contribution in [3.05, 3.63) is 164 Å². The van der Waals surface area contributed by atoms with Gasteiger partial charge in [-0.15, -0.1) is 0 Å². The first-order valence-corrected chi connectivity index (χ1v) is 16.4. The van der Waals surface area contributed by atoms with Gasteiger partial charge in [0.15, 0.2) is 17.5 Å². The van der Waals surface area contributed by atoms with Gasteiger partial charge in [0.05, 0.1) is 0 Å². The Morgan fingerprint density at radius 3 is 1.76 bits per heavy atom. The molecule has 2 heterocycles. The van der Waals surface area contributed by atoms with E-state index in [1.807, 2.05) is 0 Å². The Morgan fingerprint density at radius 2 is 0.898 bits per heavy atom. The van der Waals surface area contributed by atoms with Gasteiger partial charge in [-0.1, -0.05) is 133 Å². The van der Waals surface area contributed by atoms with Crippen LogP contribution in [0.4, 0.5) is 0 Å². The van der Waals surface area contributed by atoms with E-state index in [2.05, 4.69) is 164 Å². The molecule has 10 aromatic rings. The van der Waals surface area contributed by atoms with Crippen LogP contribution in [0.1, 0.15) is 0 Å². The number of rotatable bonds is 4. The van der Waals surface area contributed by atoms with Gasteiger partial charge in [-0.25, -0.2) is 15.0 Å². The minimum Gasteiger partial charge on any atom is -0.455 e. The average Bonchev–Trinajstić information content (AvgIpc) is 3.56. The predicted octanol–water partition coefficient (Wildman–Crippen LogP) is 11.9. The maximum absolute atomic E-state index is 6.54. The van der Waals surface area contributed by atoms with E-state index in [9.17, 15) is 0 Å². The summed E-state index contributed by atoms with van der Waals surface area (Å²) in [7, 11) is 0. The summed E-state index contributed by atoms with van der Waals surface area (Å²) < 4.78 is 6.54. The lowest BCUT2D eigenvalue weighted by atomic mass is 9.99. The quantitative estimate of drug-likeness (QED) is 0.195. The standard InChI is InChI=1S/C45H27N3O/c1-2-12-31-25-33(20-19-28(31)9-1)32-14-7-15-34(26-32)43-46-44(48-45(47-43)40-18-8-13-29-10-3-5-16-36(29)40)35-22-23-38-39-24-21-30-11-4-6-17-37(30)42(39)49-41(38)27-35/h1-27H. The summed E-state index contributed by atoms with van der Waals surface area (Å²) in [6, 6.07) is 57.0. The van der Waals surface area contributed by atoms with Gasteiger partial charge in [0.1, 0.15) is 11.2 Å². The molecule has 0 aliphatic rings. The molecule has 49 heavy (non-hydrogen) atoms. The van der Waals surface area contributed by atoms with Crippen molar-refractivity contribution in [1.29, 1.82) is 0 Å². The Hall–Kier alpha value is -6.65. The predicted molar refractivity (Wildman–Crippen MR) is 201 cm³/mol. The Morgan fingerprint density at radius 1 is 0.327 bits per heavy atom. The Bertz CT molecular complexity index is 2900. The van der Waals surface area contributed by atoms with Crippen LogP contribution in [0.2, 0.25) is 0 Å². The molecule has 0 saturated heterocycles. The molecule has 8 aromatic carbocycles. The minimum atomic E-state index is 0.594. The monoisotopic (exact) mass is 625 g/mol. The van der Waals surface area contributed by atoms with Gasteiger partial charge in [-0.3, -0.25) is 0 Å². The first-order chi connectivity index (χ1) is 24.2. The van der Waals surface area contributed by atoms with Gasteiger partial charge < -0.3 is 4.42 Å². The molecule has 0 bridgehead atoms. The first-order valence-electron chi connectivity index (χ1n) is 16.4. The average molecular weight is 626 g/mol. The highest BCUT2D eigenvalue weighted by atomic mass is 16.3. The van der Waals surface area contributed by atoms with Gasteiger partial charge in [0.25, 0.3) is 0 Å². The molecular formula is C45H27N3O. The molecule has 2 aromatic heterocycles. The fourth-order valence-corrected chi connectivity index (χ4v) is 7.03. The molecule has 10 rings (SSSR count). The lowest BCUT2D eigenvalue weighted by Crippen LogP contribution is -2.00. The molecule has 0 N–H and O–H groups in total. The van der Waals surface area contributed by atoms with E-state index in [1.165, 1.54) is 10.8 Å². The van der Waals surface area contributed by atoms with Crippen molar-refractivity contribution < 1.29 is 4.42 Å². The Labute approximate surface area is 282 Å². The largest absolute Gasteiger partial charge is 0.455 e. The molecule has 4 nitrogen and oxygen atoms in total. The molecule has 0 aliphatic heterocycles. The number of hydrogen-bond acceptors (Lipinski definition) is 4. The summed E-state index contributed by atoms with van der Waals surface area (Å²) in [5.74, 6) is 1.84. The third-order valence-corrected chi connectivity index (χ3v) is 9.49. The maximum Gasteiger partial charge on any atom is 0.164 e. The Kier molecular flexibility index (Phi) is 6.15. The molecule has 0 unspecified atom stereocenters. The highest BCUT2D eigenvalue weighted by Crippen LogP contribution is 2.37. The molecule has 0 atom stereocenters. The molecule has 0 amide bonds. The third kappa shape index (κ3) is 4.65. The van der Waals surface area contributed by atoms with Crippen LogP contribution >= 0.6 is 0 Å². The zero-order valence-corrected chi connectivity index (χ0v) is 26.3. The molecular weight excluding hydrogens is 599 g/mol. The van der Waals surface area contributed by atoms with Crippen LogP contribution in [0.25, 0.3) is 99.5 Å². The van der Waals surface area contributed by atoms with Crippen molar-refractivity contribution in [2.24, 2.45) is 0 Å². The number of nitrogens with zero attached hydrogens (tertiary/aromatic N) is 3. The van der Waals surface area contributed by atoms with E-state index in [0.29, 0.717) is 17.5 Å². The van der Waals surface area contributed by atoms with Crippen molar-refractivity contribution in [2.45, 2.75) is 0 Å². The molecule has 0 saturated carbocycles. The summed E-state index contributed by atoms with van der Waals surface area (Å²) in [5.41, 5.74) is 6.70. The number of fused-ring (bicyclic) bond motifs is 7. The zero-order chi connectivity index (χ0) is 32.3. The molecule has 0 spiro atoms. The van der Waals surface area contributed by atoms with Crippen LogP contribution in [0.15, 0.2) is 168 Å². The SMILES string of the molecule is c1cc(-c2ccc3ccccc3c2)cc(-c2nc(-c3ccc4c(c3)oc3c5ccccc5ccc43)nc(-c3cccc4ccccc34)n2)c1. The lowest BCUT2D eigenvalue weighted by molar-refractivity contribution is 0.673. The van der Waals surface area contributed by atoms with Gasteiger partial charge >= 0.3 is 0 Å². The lowest BCUT2D eigenvalue weighted by Gasteiger charge is -2.11. The maximum atomic E-state index is 6.54. The van der Waals surface area contributed by atoms with E-state index in [-0.39, 0.29) is 0 Å². The summed E-state index contributed by atoms with van der Waals surface area (Å²) in [4.78, 5) is 15.3. The van der Waals surface area contributed by atoms with E-state index in [0.717, 1.165) is 71.3 Å². The van der Waals surface area contributed by atoms with E-state index < -0.39 is 0 Å². The fourth-order valence-electron chi connectivity index (χ4n) is 7.03. The van der Waals surface area contributed by atoms with Gasteiger partial charge in [0.2, 0.25) is 0 Å². The summed E-state index contributed by atoms with van der Waals surface area (Å²) in [6.07, 6.45) is 0. The fraction of sp³-hybridized carbons (Fsp3) is 0. The summed E-state index contributed by atoms with van der Waals surface area (Å²) in [6.45, 7) is 0. The second-order valence-corrected chi connectivity index (χ2v) is 12.5. The van der Waals surface area contributed by atoms with Crippen LogP contribution in [0, 0.1) is 0 Å². The van der Waals surface area contributed by atoms with Gasteiger partial charge in [0, 0.05) is 32.8 Å². The molecule has 0 radical (unpaired) electrons. The smallest absolute Gasteiger partial charge is 0.164 e. The Balaban J connectivity index is 1.16. The highest BCUT2D eigenvalue weighted by molar-refractivity contribution is 6.15. The summed E-state index contributed by atoms with van der Waals surface area (Å²) in [5, 5.41) is 9.08.